The third kappa shape index (κ3) is 5.16. The van der Waals surface area contributed by atoms with E-state index in [1.807, 2.05) is 12.3 Å². The number of nitrogens with zero attached hydrogens (tertiary/aromatic N) is 4. The Bertz CT molecular complexity index is 1550. The molecule has 202 valence electrons. The van der Waals surface area contributed by atoms with Gasteiger partial charge in [0.05, 0.1) is 6.20 Å². The van der Waals surface area contributed by atoms with E-state index in [2.05, 4.69) is 19.5 Å². The maximum Gasteiger partial charge on any atom is 0.534 e. The first-order valence-electron chi connectivity index (χ1n) is 11.3. The number of hydrogen-bond donors (Lipinski definition) is 0. The molecule has 38 heavy (non-hydrogen) atoms. The van der Waals surface area contributed by atoms with Crippen LogP contribution in [0.1, 0.15) is 25.5 Å². The number of halogens is 3. The van der Waals surface area contributed by atoms with Crippen molar-refractivity contribution in [3.8, 4) is 33.9 Å². The number of alkyl halides is 3. The summed E-state index contributed by atoms with van der Waals surface area (Å²) in [4.78, 5) is 0. The summed E-state index contributed by atoms with van der Waals surface area (Å²) in [6, 6.07) is 6.67. The van der Waals surface area contributed by atoms with Gasteiger partial charge in [-0.1, -0.05) is 6.07 Å². The van der Waals surface area contributed by atoms with Crippen LogP contribution in [0.25, 0.3) is 33.5 Å². The van der Waals surface area contributed by atoms with Crippen molar-refractivity contribution in [1.82, 2.24) is 20.0 Å². The molecule has 0 bridgehead atoms. The number of methoxy groups -OCH3 is 1. The Kier molecular flexibility index (Phi) is 6.98. The van der Waals surface area contributed by atoms with Gasteiger partial charge < -0.3 is 22.8 Å². The van der Waals surface area contributed by atoms with Gasteiger partial charge in [-0.3, -0.25) is 0 Å². The molecular formula is C23H21F3N4O7S. The van der Waals surface area contributed by atoms with Crippen molar-refractivity contribution in [2.24, 2.45) is 0 Å². The summed E-state index contributed by atoms with van der Waals surface area (Å²) in [5, 5.41) is 12.3. The van der Waals surface area contributed by atoms with Crippen LogP contribution in [-0.4, -0.2) is 54.4 Å². The summed E-state index contributed by atoms with van der Waals surface area (Å²) in [6.07, 6.45) is 7.18. The van der Waals surface area contributed by atoms with Crippen LogP contribution in [0.15, 0.2) is 47.3 Å². The van der Waals surface area contributed by atoms with Gasteiger partial charge >= 0.3 is 15.6 Å². The fraction of sp³-hybridized carbons (Fsp3) is 0.348. The molecule has 0 N–H and O–H groups in total. The Morgan fingerprint density at radius 3 is 2.71 bits per heavy atom. The van der Waals surface area contributed by atoms with Crippen molar-refractivity contribution >= 4 is 21.2 Å². The van der Waals surface area contributed by atoms with E-state index in [4.69, 9.17) is 18.6 Å². The smallest absolute Gasteiger partial charge is 0.467 e. The second kappa shape index (κ2) is 10.2. The third-order valence-electron chi connectivity index (χ3n) is 5.74. The highest BCUT2D eigenvalue weighted by atomic mass is 32.2. The molecule has 1 aliphatic rings. The second-order valence-corrected chi connectivity index (χ2v) is 9.86. The molecule has 0 saturated carbocycles. The maximum absolute atomic E-state index is 12.7. The van der Waals surface area contributed by atoms with Gasteiger partial charge in [-0.2, -0.15) is 26.7 Å². The van der Waals surface area contributed by atoms with E-state index >= 15 is 0 Å². The zero-order chi connectivity index (χ0) is 26.9. The topological polar surface area (TPSA) is 128 Å². The standard InChI is InChI=1S/C23H21F3N4O7S/c1-33-13-36-18-8-14(15-10-27-30(11-15)21-4-2-3-7-34-21)5-6-16(18)17-9-19-22(29-28-17)20(12-35-19)37-38(31,32)23(24,25)26/h5-6,8-12,21H,2-4,7,13H2,1H3. The first kappa shape index (κ1) is 25.9. The number of ether oxygens (including phenoxy) is 3. The van der Waals surface area contributed by atoms with Gasteiger partial charge in [0.1, 0.15) is 23.9 Å². The van der Waals surface area contributed by atoms with Crippen LogP contribution in [0.2, 0.25) is 0 Å². The van der Waals surface area contributed by atoms with E-state index in [0.29, 0.717) is 24.2 Å². The largest absolute Gasteiger partial charge is 0.534 e. The fourth-order valence-electron chi connectivity index (χ4n) is 3.90. The molecule has 0 spiro atoms. The lowest BCUT2D eigenvalue weighted by Crippen LogP contribution is -2.28. The summed E-state index contributed by atoms with van der Waals surface area (Å²) in [5.74, 6) is -0.358. The predicted molar refractivity (Wildman–Crippen MR) is 125 cm³/mol. The molecule has 4 heterocycles. The third-order valence-corrected chi connectivity index (χ3v) is 6.71. The van der Waals surface area contributed by atoms with Gasteiger partial charge in [-0.05, 0) is 37.0 Å². The van der Waals surface area contributed by atoms with Crippen LogP contribution < -0.4 is 8.92 Å². The molecule has 15 heteroatoms. The highest BCUT2D eigenvalue weighted by Gasteiger charge is 2.49. The van der Waals surface area contributed by atoms with Gasteiger partial charge in [0.2, 0.25) is 5.75 Å². The number of benzene rings is 1. The molecule has 0 radical (unpaired) electrons. The minimum Gasteiger partial charge on any atom is -0.467 e. The zero-order valence-electron chi connectivity index (χ0n) is 19.8. The number of hydrogen-bond acceptors (Lipinski definition) is 10. The van der Waals surface area contributed by atoms with Gasteiger partial charge in [0.15, 0.2) is 17.9 Å². The lowest BCUT2D eigenvalue weighted by atomic mass is 10.0. The van der Waals surface area contributed by atoms with Crippen molar-refractivity contribution in [3.63, 3.8) is 0 Å². The first-order chi connectivity index (χ1) is 18.2. The van der Waals surface area contributed by atoms with E-state index < -0.39 is 21.4 Å². The Morgan fingerprint density at radius 1 is 1.13 bits per heavy atom. The number of aromatic nitrogens is 4. The highest BCUT2D eigenvalue weighted by molar-refractivity contribution is 7.88. The number of fused-ring (bicyclic) bond motifs is 1. The molecular weight excluding hydrogens is 533 g/mol. The molecule has 1 aromatic carbocycles. The van der Waals surface area contributed by atoms with Crippen LogP contribution >= 0.6 is 0 Å². The molecule has 1 aliphatic heterocycles. The molecule has 4 aromatic rings. The molecule has 1 unspecified atom stereocenters. The average molecular weight is 555 g/mol. The van der Waals surface area contributed by atoms with E-state index in [0.717, 1.165) is 30.4 Å². The fourth-order valence-corrected chi connectivity index (χ4v) is 4.35. The minimum absolute atomic E-state index is 0.0436. The summed E-state index contributed by atoms with van der Waals surface area (Å²) >= 11 is 0. The van der Waals surface area contributed by atoms with Crippen LogP contribution in [0.3, 0.4) is 0 Å². The SMILES string of the molecule is COCOc1cc(-c2cnn(C3CCCCO3)c2)ccc1-c1cc2occ(OS(=O)(=O)C(F)(F)F)c2nn1. The summed E-state index contributed by atoms with van der Waals surface area (Å²) in [7, 11) is -4.44. The zero-order valence-corrected chi connectivity index (χ0v) is 20.7. The predicted octanol–water partition coefficient (Wildman–Crippen LogP) is 4.66. The summed E-state index contributed by atoms with van der Waals surface area (Å²) in [5.41, 5.74) is -3.60. The van der Waals surface area contributed by atoms with Gasteiger partial charge in [-0.25, -0.2) is 4.68 Å². The Morgan fingerprint density at radius 2 is 1.97 bits per heavy atom. The Balaban J connectivity index is 1.46. The van der Waals surface area contributed by atoms with Crippen LogP contribution in [0, 0.1) is 0 Å². The normalized spacial score (nSPS) is 16.6. The van der Waals surface area contributed by atoms with Gasteiger partial charge in [0.25, 0.3) is 0 Å². The van der Waals surface area contributed by atoms with Crippen molar-refractivity contribution in [1.29, 1.82) is 0 Å². The molecule has 11 nitrogen and oxygen atoms in total. The van der Waals surface area contributed by atoms with E-state index in [1.54, 1.807) is 23.0 Å². The minimum atomic E-state index is -5.90. The summed E-state index contributed by atoms with van der Waals surface area (Å²) in [6.45, 7) is 0.617. The van der Waals surface area contributed by atoms with Crippen molar-refractivity contribution in [2.75, 3.05) is 20.5 Å². The Labute approximate surface area is 214 Å². The lowest BCUT2D eigenvalue weighted by Gasteiger charge is -2.22. The van der Waals surface area contributed by atoms with E-state index in [1.165, 1.54) is 13.2 Å². The quantitative estimate of drug-likeness (QED) is 0.172. The summed E-state index contributed by atoms with van der Waals surface area (Å²) < 4.78 is 88.5. The first-order valence-corrected chi connectivity index (χ1v) is 12.7. The van der Waals surface area contributed by atoms with Crippen LogP contribution in [0.4, 0.5) is 13.2 Å². The molecule has 1 saturated heterocycles. The van der Waals surface area contributed by atoms with Crippen LogP contribution in [-0.2, 0) is 19.6 Å². The monoisotopic (exact) mass is 554 g/mol. The highest BCUT2D eigenvalue weighted by Crippen LogP contribution is 2.37. The molecule has 1 atom stereocenters. The number of rotatable bonds is 8. The van der Waals surface area contributed by atoms with Crippen molar-refractivity contribution in [2.45, 2.75) is 31.0 Å². The lowest BCUT2D eigenvalue weighted by molar-refractivity contribution is -0.0499. The number of furan rings is 1. The Hall–Kier alpha value is -3.69. The molecule has 0 aliphatic carbocycles. The van der Waals surface area contributed by atoms with E-state index in [9.17, 15) is 21.6 Å². The molecule has 0 amide bonds. The molecule has 5 rings (SSSR count). The van der Waals surface area contributed by atoms with Gasteiger partial charge in [-0.15, -0.1) is 10.2 Å². The second-order valence-electron chi connectivity index (χ2n) is 8.32. The van der Waals surface area contributed by atoms with Crippen molar-refractivity contribution in [3.05, 3.63) is 42.9 Å². The average Bonchev–Trinajstić information content (AvgIpc) is 3.54. The van der Waals surface area contributed by atoms with Crippen LogP contribution in [0.5, 0.6) is 11.5 Å². The van der Waals surface area contributed by atoms with E-state index in [-0.39, 0.29) is 29.8 Å². The van der Waals surface area contributed by atoms with Gasteiger partial charge in [0, 0.05) is 37.1 Å². The molecule has 1 fully saturated rings. The van der Waals surface area contributed by atoms with Crippen molar-refractivity contribution < 1.29 is 44.4 Å². The maximum atomic E-state index is 12.7. The molecule has 3 aromatic heterocycles.